The normalized spacial score (nSPS) is 10.2. The molecular formula is C12H11BrFN3O. The summed E-state index contributed by atoms with van der Waals surface area (Å²) in [6, 6.07) is 7.87. The lowest BCUT2D eigenvalue weighted by atomic mass is 10.3. The molecule has 94 valence electrons. The van der Waals surface area contributed by atoms with Crippen LogP contribution in [0.4, 0.5) is 10.2 Å². The Morgan fingerprint density at radius 3 is 2.89 bits per heavy atom. The number of nitrogen functional groups attached to an aromatic ring is 1. The first-order chi connectivity index (χ1) is 8.69. The highest BCUT2D eigenvalue weighted by atomic mass is 79.9. The molecule has 18 heavy (non-hydrogen) atoms. The summed E-state index contributed by atoms with van der Waals surface area (Å²) < 4.78 is 19.0. The van der Waals surface area contributed by atoms with E-state index in [0.717, 1.165) is 5.56 Å². The number of aromatic nitrogens is 1. The van der Waals surface area contributed by atoms with Gasteiger partial charge in [-0.1, -0.05) is 0 Å². The van der Waals surface area contributed by atoms with Crippen LogP contribution >= 0.6 is 15.9 Å². The zero-order chi connectivity index (χ0) is 13.0. The van der Waals surface area contributed by atoms with Gasteiger partial charge in [0.15, 0.2) is 0 Å². The van der Waals surface area contributed by atoms with Crippen molar-refractivity contribution in [2.75, 3.05) is 5.43 Å². The maximum atomic E-state index is 12.9. The van der Waals surface area contributed by atoms with Gasteiger partial charge in [-0.05, 0) is 51.8 Å². The third-order valence-electron chi connectivity index (χ3n) is 2.26. The first kappa shape index (κ1) is 12.8. The second kappa shape index (κ2) is 5.79. The summed E-state index contributed by atoms with van der Waals surface area (Å²) in [5, 5.41) is 0. The Bertz CT molecular complexity index is 551. The van der Waals surface area contributed by atoms with Crippen molar-refractivity contribution >= 4 is 21.7 Å². The van der Waals surface area contributed by atoms with Gasteiger partial charge >= 0.3 is 0 Å². The molecule has 0 spiro atoms. The van der Waals surface area contributed by atoms with Gasteiger partial charge in [0.05, 0.1) is 4.47 Å². The molecule has 0 fully saturated rings. The van der Waals surface area contributed by atoms with Gasteiger partial charge in [-0.3, -0.25) is 0 Å². The standard InChI is InChI=1S/C12H11BrFN3O/c13-10-6-9(14)1-2-11(10)18-7-8-3-4-16-12(5-8)17-15/h1-6H,7,15H2,(H,16,17). The first-order valence-electron chi connectivity index (χ1n) is 5.18. The highest BCUT2D eigenvalue weighted by Crippen LogP contribution is 2.26. The molecule has 0 saturated carbocycles. The minimum Gasteiger partial charge on any atom is -0.488 e. The predicted octanol–water partition coefficient (Wildman–Crippen LogP) is 2.85. The van der Waals surface area contributed by atoms with Crippen molar-refractivity contribution in [3.8, 4) is 5.75 Å². The Hall–Kier alpha value is -1.66. The van der Waals surface area contributed by atoms with E-state index in [9.17, 15) is 4.39 Å². The molecule has 0 saturated heterocycles. The number of ether oxygens (including phenoxy) is 1. The van der Waals surface area contributed by atoms with Gasteiger partial charge in [0.2, 0.25) is 0 Å². The number of hydrazine groups is 1. The molecule has 2 aromatic rings. The summed E-state index contributed by atoms with van der Waals surface area (Å²) in [5.41, 5.74) is 3.37. The van der Waals surface area contributed by atoms with E-state index in [1.165, 1.54) is 12.1 Å². The van der Waals surface area contributed by atoms with Crippen LogP contribution in [0.25, 0.3) is 0 Å². The van der Waals surface area contributed by atoms with Gasteiger partial charge in [-0.2, -0.15) is 0 Å². The maximum Gasteiger partial charge on any atom is 0.140 e. The number of halogens is 2. The topological polar surface area (TPSA) is 60.2 Å². The Balaban J connectivity index is 2.06. The number of rotatable bonds is 4. The summed E-state index contributed by atoms with van der Waals surface area (Å²) in [6.07, 6.45) is 1.63. The molecule has 6 heteroatoms. The molecule has 0 aliphatic heterocycles. The molecule has 0 unspecified atom stereocenters. The van der Waals surface area contributed by atoms with Crippen LogP contribution in [-0.4, -0.2) is 4.98 Å². The lowest BCUT2D eigenvalue weighted by molar-refractivity contribution is 0.303. The molecule has 1 aromatic carbocycles. The zero-order valence-electron chi connectivity index (χ0n) is 9.36. The Kier molecular flexibility index (Phi) is 4.11. The van der Waals surface area contributed by atoms with Crippen LogP contribution in [-0.2, 0) is 6.61 Å². The molecular weight excluding hydrogens is 301 g/mol. The lowest BCUT2D eigenvalue weighted by Crippen LogP contribution is -2.09. The second-order valence-corrected chi connectivity index (χ2v) is 4.41. The number of nitrogens with two attached hydrogens (primary N) is 1. The van der Waals surface area contributed by atoms with Crippen LogP contribution in [0, 0.1) is 5.82 Å². The van der Waals surface area contributed by atoms with Crippen molar-refractivity contribution in [3.05, 3.63) is 52.4 Å². The smallest absolute Gasteiger partial charge is 0.140 e. The summed E-state index contributed by atoms with van der Waals surface area (Å²) in [4.78, 5) is 3.99. The average molecular weight is 312 g/mol. The van der Waals surface area contributed by atoms with Crippen LogP contribution in [0.5, 0.6) is 5.75 Å². The molecule has 0 aliphatic carbocycles. The lowest BCUT2D eigenvalue weighted by Gasteiger charge is -2.09. The van der Waals surface area contributed by atoms with E-state index in [1.54, 1.807) is 18.3 Å². The molecule has 2 rings (SSSR count). The molecule has 0 amide bonds. The van der Waals surface area contributed by atoms with Gasteiger partial charge in [0.1, 0.15) is 24.0 Å². The van der Waals surface area contributed by atoms with Crippen molar-refractivity contribution < 1.29 is 9.13 Å². The minimum absolute atomic E-state index is 0.312. The van der Waals surface area contributed by atoms with Crippen molar-refractivity contribution in [3.63, 3.8) is 0 Å². The summed E-state index contributed by atoms with van der Waals surface area (Å²) in [5.74, 6) is 6.10. The molecule has 1 heterocycles. The van der Waals surface area contributed by atoms with Gasteiger partial charge < -0.3 is 10.2 Å². The fourth-order valence-electron chi connectivity index (χ4n) is 1.40. The number of pyridine rings is 1. The summed E-state index contributed by atoms with van der Waals surface area (Å²) in [7, 11) is 0. The van der Waals surface area contributed by atoms with Gasteiger partial charge in [-0.15, -0.1) is 0 Å². The SMILES string of the molecule is NNc1cc(COc2ccc(F)cc2Br)ccn1. The van der Waals surface area contributed by atoms with E-state index >= 15 is 0 Å². The van der Waals surface area contributed by atoms with Crippen molar-refractivity contribution in [2.24, 2.45) is 5.84 Å². The van der Waals surface area contributed by atoms with Crippen molar-refractivity contribution in [2.45, 2.75) is 6.61 Å². The van der Waals surface area contributed by atoms with Crippen molar-refractivity contribution in [1.29, 1.82) is 0 Å². The fourth-order valence-corrected chi connectivity index (χ4v) is 1.86. The zero-order valence-corrected chi connectivity index (χ0v) is 10.9. The van der Waals surface area contributed by atoms with E-state index in [-0.39, 0.29) is 5.82 Å². The highest BCUT2D eigenvalue weighted by Gasteiger charge is 2.03. The van der Waals surface area contributed by atoms with Crippen LogP contribution in [0.1, 0.15) is 5.56 Å². The molecule has 1 aromatic heterocycles. The Labute approximate surface area is 112 Å². The molecule has 4 nitrogen and oxygen atoms in total. The molecule has 3 N–H and O–H groups in total. The van der Waals surface area contributed by atoms with Gasteiger partial charge in [0.25, 0.3) is 0 Å². The summed E-state index contributed by atoms with van der Waals surface area (Å²) >= 11 is 3.24. The minimum atomic E-state index is -0.312. The number of hydrogen-bond acceptors (Lipinski definition) is 4. The quantitative estimate of drug-likeness (QED) is 0.673. The number of anilines is 1. The molecule has 0 radical (unpaired) electrons. The molecule has 0 bridgehead atoms. The Morgan fingerprint density at radius 1 is 1.33 bits per heavy atom. The van der Waals surface area contributed by atoms with Gasteiger partial charge in [-0.25, -0.2) is 15.2 Å². The average Bonchev–Trinajstić information content (AvgIpc) is 2.38. The van der Waals surface area contributed by atoms with E-state index in [0.29, 0.717) is 22.6 Å². The van der Waals surface area contributed by atoms with E-state index < -0.39 is 0 Å². The maximum absolute atomic E-state index is 12.9. The fraction of sp³-hybridized carbons (Fsp3) is 0.0833. The third kappa shape index (κ3) is 3.18. The largest absolute Gasteiger partial charge is 0.488 e. The summed E-state index contributed by atoms with van der Waals surface area (Å²) in [6.45, 7) is 0.349. The van der Waals surface area contributed by atoms with E-state index in [1.807, 2.05) is 6.07 Å². The third-order valence-corrected chi connectivity index (χ3v) is 2.88. The first-order valence-corrected chi connectivity index (χ1v) is 5.98. The number of nitrogens with zero attached hydrogens (tertiary/aromatic N) is 1. The number of hydrogen-bond donors (Lipinski definition) is 2. The highest BCUT2D eigenvalue weighted by molar-refractivity contribution is 9.10. The molecule has 0 aliphatic rings. The van der Waals surface area contributed by atoms with Crippen LogP contribution in [0.2, 0.25) is 0 Å². The van der Waals surface area contributed by atoms with E-state index in [4.69, 9.17) is 10.6 Å². The van der Waals surface area contributed by atoms with E-state index in [2.05, 4.69) is 26.3 Å². The van der Waals surface area contributed by atoms with Crippen LogP contribution in [0.15, 0.2) is 41.0 Å². The van der Waals surface area contributed by atoms with Crippen LogP contribution in [0.3, 0.4) is 0 Å². The van der Waals surface area contributed by atoms with Crippen molar-refractivity contribution in [1.82, 2.24) is 4.98 Å². The number of nitrogens with one attached hydrogen (secondary N) is 1. The number of benzene rings is 1. The molecule has 0 atom stereocenters. The monoisotopic (exact) mass is 311 g/mol. The Morgan fingerprint density at radius 2 is 2.17 bits per heavy atom. The van der Waals surface area contributed by atoms with Gasteiger partial charge in [0, 0.05) is 6.20 Å². The predicted molar refractivity (Wildman–Crippen MR) is 70.5 cm³/mol. The second-order valence-electron chi connectivity index (χ2n) is 3.56. The van der Waals surface area contributed by atoms with Crippen LogP contribution < -0.4 is 16.0 Å².